The number of aromatic nitrogens is 4. The highest BCUT2D eigenvalue weighted by Gasteiger charge is 2.23. The number of para-hydroxylation sites is 1. The van der Waals surface area contributed by atoms with Crippen LogP contribution in [0.3, 0.4) is 0 Å². The van der Waals surface area contributed by atoms with Crippen molar-refractivity contribution in [2.24, 2.45) is 0 Å². The summed E-state index contributed by atoms with van der Waals surface area (Å²) >= 11 is 0. The quantitative estimate of drug-likeness (QED) is 0.188. The molecule has 0 amide bonds. The average molecular weight is 665 g/mol. The molecule has 0 bridgehead atoms. The molecule has 5 heteroatoms. The third-order valence-corrected chi connectivity index (χ3v) is 10.2. The molecule has 3 aromatic heterocycles. The smallest absolute Gasteiger partial charge is 0.166 e. The minimum absolute atomic E-state index is 0.571. The van der Waals surface area contributed by atoms with Crippen LogP contribution in [0.25, 0.3) is 105 Å². The normalized spacial score (nSPS) is 11.8. The first-order valence-electron chi connectivity index (χ1n) is 17.5. The Kier molecular flexibility index (Phi) is 6.18. The summed E-state index contributed by atoms with van der Waals surface area (Å²) in [6.45, 7) is 0. The van der Waals surface area contributed by atoms with E-state index in [-0.39, 0.29) is 0 Å². The van der Waals surface area contributed by atoms with Crippen molar-refractivity contribution in [1.82, 2.24) is 19.5 Å². The van der Waals surface area contributed by atoms with Gasteiger partial charge in [-0.3, -0.25) is 0 Å². The van der Waals surface area contributed by atoms with Gasteiger partial charge in [-0.1, -0.05) is 140 Å². The summed E-state index contributed by atoms with van der Waals surface area (Å²) in [5.41, 5.74) is 7.49. The van der Waals surface area contributed by atoms with Crippen LogP contribution >= 0.6 is 0 Å². The molecule has 3 heterocycles. The summed E-state index contributed by atoms with van der Waals surface area (Å²) in [7, 11) is 0. The Balaban J connectivity index is 1.31. The van der Waals surface area contributed by atoms with Crippen molar-refractivity contribution in [2.45, 2.75) is 0 Å². The van der Waals surface area contributed by atoms with Gasteiger partial charge in [0.1, 0.15) is 11.2 Å². The molecule has 0 saturated heterocycles. The molecule has 0 N–H and O–H groups in total. The second kappa shape index (κ2) is 11.2. The summed E-state index contributed by atoms with van der Waals surface area (Å²) in [5, 5.41) is 9.38. The van der Waals surface area contributed by atoms with Crippen molar-refractivity contribution in [1.29, 1.82) is 0 Å². The zero-order valence-corrected chi connectivity index (χ0v) is 27.9. The van der Waals surface area contributed by atoms with Crippen LogP contribution in [0.5, 0.6) is 0 Å². The number of hydrogen-bond donors (Lipinski definition) is 0. The molecule has 0 aliphatic rings. The largest absolute Gasteiger partial charge is 0.456 e. The predicted octanol–water partition coefficient (Wildman–Crippen LogP) is 12.2. The van der Waals surface area contributed by atoms with Crippen LogP contribution < -0.4 is 0 Å². The minimum atomic E-state index is 0.571. The van der Waals surface area contributed by atoms with Gasteiger partial charge in [-0.2, -0.15) is 0 Å². The lowest BCUT2D eigenvalue weighted by Crippen LogP contribution is -2.03. The Morgan fingerprint density at radius 3 is 1.48 bits per heavy atom. The first-order valence-corrected chi connectivity index (χ1v) is 17.5. The zero-order valence-electron chi connectivity index (χ0n) is 27.9. The molecule has 0 atom stereocenters. The fraction of sp³-hybridized carbons (Fsp3) is 0. The van der Waals surface area contributed by atoms with Crippen molar-refractivity contribution >= 4 is 65.3 Å². The summed E-state index contributed by atoms with van der Waals surface area (Å²) in [4.78, 5) is 15.4. The van der Waals surface area contributed by atoms with Crippen molar-refractivity contribution in [3.63, 3.8) is 0 Å². The van der Waals surface area contributed by atoms with E-state index < -0.39 is 0 Å². The average Bonchev–Trinajstić information content (AvgIpc) is 3.76. The lowest BCUT2D eigenvalue weighted by atomic mass is 10.00. The molecule has 0 saturated carbocycles. The summed E-state index contributed by atoms with van der Waals surface area (Å²) in [6, 6.07) is 59.1. The van der Waals surface area contributed by atoms with E-state index in [0.29, 0.717) is 17.5 Å². The Bertz CT molecular complexity index is 3030. The van der Waals surface area contributed by atoms with Gasteiger partial charge in [0.05, 0.1) is 16.7 Å². The first-order chi connectivity index (χ1) is 25.8. The van der Waals surface area contributed by atoms with Gasteiger partial charge in [0, 0.05) is 38.2 Å². The van der Waals surface area contributed by atoms with E-state index in [2.05, 4.69) is 102 Å². The molecule has 5 nitrogen and oxygen atoms in total. The fourth-order valence-corrected chi connectivity index (χ4v) is 7.86. The number of furan rings is 1. The van der Waals surface area contributed by atoms with Gasteiger partial charge in [0.25, 0.3) is 0 Å². The molecule has 0 radical (unpaired) electrons. The maximum atomic E-state index is 6.53. The minimum Gasteiger partial charge on any atom is -0.456 e. The van der Waals surface area contributed by atoms with Gasteiger partial charge in [0.2, 0.25) is 0 Å². The van der Waals surface area contributed by atoms with Gasteiger partial charge < -0.3 is 8.98 Å². The Hall–Kier alpha value is -7.11. The second-order valence-electron chi connectivity index (χ2n) is 13.2. The number of rotatable bonds is 4. The van der Waals surface area contributed by atoms with Crippen LogP contribution in [0.1, 0.15) is 0 Å². The van der Waals surface area contributed by atoms with Crippen molar-refractivity contribution < 1.29 is 4.42 Å². The van der Waals surface area contributed by atoms with E-state index in [1.54, 1.807) is 0 Å². The van der Waals surface area contributed by atoms with Gasteiger partial charge in [-0.15, -0.1) is 0 Å². The van der Waals surface area contributed by atoms with Crippen LogP contribution in [-0.2, 0) is 0 Å². The highest BCUT2D eigenvalue weighted by Crippen LogP contribution is 2.44. The van der Waals surface area contributed by atoms with Crippen molar-refractivity contribution in [3.8, 4) is 39.9 Å². The lowest BCUT2D eigenvalue weighted by molar-refractivity contribution is 0.669. The van der Waals surface area contributed by atoms with Gasteiger partial charge in [-0.25, -0.2) is 15.0 Å². The fourth-order valence-electron chi connectivity index (χ4n) is 7.86. The van der Waals surface area contributed by atoms with Gasteiger partial charge >= 0.3 is 0 Å². The molecule has 0 aliphatic heterocycles. The maximum absolute atomic E-state index is 6.53. The number of fused-ring (bicyclic) bond motifs is 10. The molecule has 0 spiro atoms. The topological polar surface area (TPSA) is 56.7 Å². The molecule has 0 fully saturated rings. The number of benzene rings is 8. The van der Waals surface area contributed by atoms with Crippen molar-refractivity contribution in [3.05, 3.63) is 170 Å². The van der Waals surface area contributed by atoms with Crippen LogP contribution in [0.4, 0.5) is 0 Å². The standard InChI is InChI=1S/C47H28N4O/c1-3-15-31(16-4-1)45-48-46(32-17-5-2-6-18-32)50-47(49-45)37-28-42-36(35-21-11-12-22-41(35)52-42)27-40(37)51-38-25-23-29-13-7-9-19-33(29)43(38)44-34-20-10-8-14-30(34)24-26-39(44)51/h1-28H. The summed E-state index contributed by atoms with van der Waals surface area (Å²) in [6.07, 6.45) is 0. The lowest BCUT2D eigenvalue weighted by Gasteiger charge is -2.15. The Morgan fingerprint density at radius 2 is 0.885 bits per heavy atom. The molecule has 11 rings (SSSR count). The van der Waals surface area contributed by atoms with E-state index in [0.717, 1.165) is 55.3 Å². The van der Waals surface area contributed by atoms with Crippen LogP contribution in [0, 0.1) is 0 Å². The maximum Gasteiger partial charge on any atom is 0.166 e. The Labute approximate surface area is 298 Å². The number of hydrogen-bond acceptors (Lipinski definition) is 4. The van der Waals surface area contributed by atoms with E-state index in [1.165, 1.54) is 32.3 Å². The summed E-state index contributed by atoms with van der Waals surface area (Å²) < 4.78 is 8.92. The van der Waals surface area contributed by atoms with Crippen molar-refractivity contribution in [2.75, 3.05) is 0 Å². The van der Waals surface area contributed by atoms with E-state index >= 15 is 0 Å². The van der Waals surface area contributed by atoms with Gasteiger partial charge in [-0.05, 0) is 51.9 Å². The highest BCUT2D eigenvalue weighted by molar-refractivity contribution is 6.28. The predicted molar refractivity (Wildman–Crippen MR) is 213 cm³/mol. The molecule has 8 aromatic carbocycles. The van der Waals surface area contributed by atoms with E-state index in [9.17, 15) is 0 Å². The third kappa shape index (κ3) is 4.33. The third-order valence-electron chi connectivity index (χ3n) is 10.2. The number of nitrogens with zero attached hydrogens (tertiary/aromatic N) is 4. The summed E-state index contributed by atoms with van der Waals surface area (Å²) in [5.74, 6) is 1.79. The SMILES string of the molecule is c1ccc(-c2nc(-c3ccccc3)nc(-c3cc4oc5ccccc5c4cc3-n3c4ccc5ccccc5c4c4c5ccccc5ccc43)n2)cc1. The van der Waals surface area contributed by atoms with E-state index in [4.69, 9.17) is 19.4 Å². The molecule has 0 unspecified atom stereocenters. The van der Waals surface area contributed by atoms with Crippen LogP contribution in [0.2, 0.25) is 0 Å². The second-order valence-corrected chi connectivity index (χ2v) is 13.2. The van der Waals surface area contributed by atoms with Gasteiger partial charge in [0.15, 0.2) is 17.5 Å². The molecule has 242 valence electrons. The van der Waals surface area contributed by atoms with Crippen LogP contribution in [-0.4, -0.2) is 19.5 Å². The molecular formula is C47H28N4O. The monoisotopic (exact) mass is 664 g/mol. The molecular weight excluding hydrogens is 637 g/mol. The Morgan fingerprint density at radius 1 is 0.385 bits per heavy atom. The zero-order chi connectivity index (χ0) is 34.2. The first kappa shape index (κ1) is 28.7. The molecule has 11 aromatic rings. The van der Waals surface area contributed by atoms with E-state index in [1.807, 2.05) is 72.8 Å². The highest BCUT2D eigenvalue weighted by atomic mass is 16.3. The molecule has 52 heavy (non-hydrogen) atoms. The molecule has 0 aliphatic carbocycles. The van der Waals surface area contributed by atoms with Crippen LogP contribution in [0.15, 0.2) is 174 Å².